The largest absolute Gasteiger partial charge is 0.466 e. The summed E-state index contributed by atoms with van der Waals surface area (Å²) in [5.74, 6) is -0.0213. The molecule has 0 bridgehead atoms. The van der Waals surface area contributed by atoms with Crippen LogP contribution in [0.2, 0.25) is 0 Å². The van der Waals surface area contributed by atoms with Gasteiger partial charge in [-0.3, -0.25) is 9.59 Å². The second kappa shape index (κ2) is 10.8. The van der Waals surface area contributed by atoms with E-state index >= 15 is 0 Å². The fourth-order valence-corrected chi connectivity index (χ4v) is 4.35. The van der Waals surface area contributed by atoms with Gasteiger partial charge in [0.1, 0.15) is 11.6 Å². The molecule has 6 heteroatoms. The van der Waals surface area contributed by atoms with Crippen molar-refractivity contribution in [3.63, 3.8) is 0 Å². The molecule has 1 amide bonds. The number of carbonyl (C=O) groups excluding carboxylic acids is 2. The van der Waals surface area contributed by atoms with Crippen LogP contribution in [0.15, 0.2) is 42.1 Å². The monoisotopic (exact) mass is 409 g/mol. The van der Waals surface area contributed by atoms with Gasteiger partial charge in [-0.25, -0.2) is 0 Å². The van der Waals surface area contributed by atoms with Crippen molar-refractivity contribution in [3.8, 4) is 6.07 Å². The maximum atomic E-state index is 12.9. The van der Waals surface area contributed by atoms with E-state index < -0.39 is 0 Å². The minimum Gasteiger partial charge on any atom is -0.466 e. The fourth-order valence-electron chi connectivity index (χ4n) is 4.35. The molecule has 0 aliphatic carbocycles. The first kappa shape index (κ1) is 21.9. The maximum absolute atomic E-state index is 12.9. The molecule has 2 heterocycles. The second-order valence-corrected chi connectivity index (χ2v) is 8.17. The molecule has 2 aliphatic rings. The van der Waals surface area contributed by atoms with Crippen molar-refractivity contribution >= 4 is 11.9 Å². The highest BCUT2D eigenvalue weighted by molar-refractivity contribution is 5.97. The summed E-state index contributed by atoms with van der Waals surface area (Å²) >= 11 is 0. The molecule has 160 valence electrons. The number of ether oxygens (including phenoxy) is 1. The summed E-state index contributed by atoms with van der Waals surface area (Å²) < 4.78 is 5.13. The molecular weight excluding hydrogens is 378 g/mol. The zero-order valence-corrected chi connectivity index (χ0v) is 17.8. The molecule has 0 N–H and O–H groups in total. The van der Waals surface area contributed by atoms with Gasteiger partial charge in [0, 0.05) is 32.4 Å². The maximum Gasteiger partial charge on any atom is 0.310 e. The molecule has 1 unspecified atom stereocenters. The Balaban J connectivity index is 1.54. The molecule has 3 rings (SSSR count). The van der Waals surface area contributed by atoms with Gasteiger partial charge >= 0.3 is 5.97 Å². The number of hydrogen-bond acceptors (Lipinski definition) is 5. The quantitative estimate of drug-likeness (QED) is 0.410. The third kappa shape index (κ3) is 5.85. The summed E-state index contributed by atoms with van der Waals surface area (Å²) in [7, 11) is 0. The Morgan fingerprint density at radius 2 is 1.90 bits per heavy atom. The van der Waals surface area contributed by atoms with Gasteiger partial charge in [0.15, 0.2) is 0 Å². The van der Waals surface area contributed by atoms with Crippen molar-refractivity contribution < 1.29 is 14.3 Å². The number of carbonyl (C=O) groups is 2. The molecule has 0 saturated carbocycles. The molecule has 6 nitrogen and oxygen atoms in total. The Labute approximate surface area is 179 Å². The summed E-state index contributed by atoms with van der Waals surface area (Å²) in [6, 6.07) is 12.5. The Morgan fingerprint density at radius 1 is 1.17 bits per heavy atom. The predicted octanol–water partition coefficient (Wildman–Crippen LogP) is 3.15. The normalized spacial score (nSPS) is 20.5. The lowest BCUT2D eigenvalue weighted by molar-refractivity contribution is -0.149. The first-order valence-corrected chi connectivity index (χ1v) is 11.0. The number of piperidine rings is 2. The minimum absolute atomic E-state index is 0.154. The van der Waals surface area contributed by atoms with Crippen molar-refractivity contribution in [2.75, 3.05) is 32.8 Å². The van der Waals surface area contributed by atoms with E-state index in [0.717, 1.165) is 38.6 Å². The molecule has 0 spiro atoms. The van der Waals surface area contributed by atoms with E-state index in [1.54, 1.807) is 18.0 Å². The molecule has 1 aromatic carbocycles. The van der Waals surface area contributed by atoms with E-state index in [2.05, 4.69) is 30.3 Å². The number of rotatable bonds is 6. The Kier molecular flexibility index (Phi) is 7.89. The van der Waals surface area contributed by atoms with Crippen LogP contribution in [0.1, 0.15) is 38.2 Å². The average Bonchev–Trinajstić information content (AvgIpc) is 2.78. The Morgan fingerprint density at radius 3 is 2.57 bits per heavy atom. The van der Waals surface area contributed by atoms with Crippen LogP contribution in [0.3, 0.4) is 0 Å². The first-order chi connectivity index (χ1) is 14.6. The van der Waals surface area contributed by atoms with Crippen LogP contribution in [0.5, 0.6) is 0 Å². The van der Waals surface area contributed by atoms with E-state index in [4.69, 9.17) is 4.74 Å². The molecule has 0 aromatic heterocycles. The molecule has 0 radical (unpaired) electrons. The van der Waals surface area contributed by atoms with Crippen LogP contribution >= 0.6 is 0 Å². The topological polar surface area (TPSA) is 73.6 Å². The number of benzene rings is 1. The highest BCUT2D eigenvalue weighted by Crippen LogP contribution is 2.23. The zero-order chi connectivity index (χ0) is 21.3. The number of nitriles is 1. The van der Waals surface area contributed by atoms with Crippen molar-refractivity contribution in [2.45, 2.75) is 39.0 Å². The predicted molar refractivity (Wildman–Crippen MR) is 114 cm³/mol. The Hall–Kier alpha value is -2.81. The third-order valence-corrected chi connectivity index (χ3v) is 6.00. The van der Waals surface area contributed by atoms with E-state index in [0.29, 0.717) is 32.2 Å². The van der Waals surface area contributed by atoms with E-state index in [9.17, 15) is 14.9 Å². The summed E-state index contributed by atoms with van der Waals surface area (Å²) in [5, 5.41) is 9.58. The number of esters is 1. The molecule has 1 atom stereocenters. The van der Waals surface area contributed by atoms with E-state index in [1.165, 1.54) is 5.56 Å². The van der Waals surface area contributed by atoms with Gasteiger partial charge in [-0.2, -0.15) is 5.26 Å². The van der Waals surface area contributed by atoms with E-state index in [-0.39, 0.29) is 23.4 Å². The van der Waals surface area contributed by atoms with Crippen molar-refractivity contribution in [1.29, 1.82) is 5.26 Å². The lowest BCUT2D eigenvalue weighted by atomic mass is 9.90. The lowest BCUT2D eigenvalue weighted by Crippen LogP contribution is -2.41. The Bertz CT molecular complexity index is 792. The number of amides is 1. The highest BCUT2D eigenvalue weighted by Gasteiger charge is 2.28. The van der Waals surface area contributed by atoms with Gasteiger partial charge in [0.05, 0.1) is 12.5 Å². The molecular formula is C24H31N3O3. The van der Waals surface area contributed by atoms with Gasteiger partial charge in [0.25, 0.3) is 5.91 Å². The summed E-state index contributed by atoms with van der Waals surface area (Å²) in [6.07, 6.45) is 6.21. The summed E-state index contributed by atoms with van der Waals surface area (Å²) in [4.78, 5) is 28.7. The second-order valence-electron chi connectivity index (χ2n) is 8.17. The van der Waals surface area contributed by atoms with Gasteiger partial charge in [-0.15, -0.1) is 0 Å². The number of likely N-dealkylation sites (tertiary alicyclic amines) is 2. The van der Waals surface area contributed by atoms with Crippen molar-refractivity contribution in [2.24, 2.45) is 11.8 Å². The third-order valence-electron chi connectivity index (χ3n) is 6.00. The molecule has 2 fully saturated rings. The van der Waals surface area contributed by atoms with Gasteiger partial charge < -0.3 is 14.5 Å². The molecule has 1 aromatic rings. The lowest BCUT2D eigenvalue weighted by Gasteiger charge is -2.33. The zero-order valence-electron chi connectivity index (χ0n) is 17.8. The standard InChI is InChI=1S/C24H31N3O3/c1-2-30-24(29)21-9-6-12-26(17-21)18-22(16-25)23(28)27-13-10-20(11-14-27)15-19-7-4-3-5-8-19/h3-5,7-8,18,20-21H,2,6,9-15,17H2,1H3/b22-18-. The van der Waals surface area contributed by atoms with Crippen molar-refractivity contribution in [1.82, 2.24) is 9.80 Å². The van der Waals surface area contributed by atoms with Gasteiger partial charge in [0.2, 0.25) is 0 Å². The van der Waals surface area contributed by atoms with Gasteiger partial charge in [-0.1, -0.05) is 30.3 Å². The minimum atomic E-state index is -0.200. The SMILES string of the molecule is CCOC(=O)C1CCCN(/C=C(/C#N)C(=O)N2CCC(Cc3ccccc3)CC2)C1. The van der Waals surface area contributed by atoms with Crippen LogP contribution in [0.25, 0.3) is 0 Å². The van der Waals surface area contributed by atoms with Gasteiger partial charge in [-0.05, 0) is 50.5 Å². The molecule has 2 saturated heterocycles. The molecule has 2 aliphatic heterocycles. The smallest absolute Gasteiger partial charge is 0.310 e. The van der Waals surface area contributed by atoms with Crippen LogP contribution in [-0.2, 0) is 20.7 Å². The van der Waals surface area contributed by atoms with Crippen LogP contribution in [-0.4, -0.2) is 54.5 Å². The fraction of sp³-hybridized carbons (Fsp3) is 0.542. The molecule has 30 heavy (non-hydrogen) atoms. The summed E-state index contributed by atoms with van der Waals surface area (Å²) in [5.41, 5.74) is 1.49. The van der Waals surface area contributed by atoms with Crippen molar-refractivity contribution in [3.05, 3.63) is 47.7 Å². The number of hydrogen-bond donors (Lipinski definition) is 0. The first-order valence-electron chi connectivity index (χ1n) is 11.0. The highest BCUT2D eigenvalue weighted by atomic mass is 16.5. The number of nitrogens with zero attached hydrogens (tertiary/aromatic N) is 3. The van der Waals surface area contributed by atoms with Crippen LogP contribution < -0.4 is 0 Å². The average molecular weight is 410 g/mol. The summed E-state index contributed by atoms with van der Waals surface area (Å²) in [6.45, 7) is 4.77. The van der Waals surface area contributed by atoms with Crippen LogP contribution in [0, 0.1) is 23.2 Å². The van der Waals surface area contributed by atoms with E-state index in [1.807, 2.05) is 11.0 Å². The van der Waals surface area contributed by atoms with Crippen LogP contribution in [0.4, 0.5) is 0 Å².